The molecule has 19 heavy (non-hydrogen) atoms. The molecule has 1 aliphatic heterocycles. The number of rotatable bonds is 1. The molecule has 0 spiro atoms. The molecule has 5 aliphatic rings. The highest BCUT2D eigenvalue weighted by molar-refractivity contribution is 8.13. The minimum Gasteiger partial charge on any atom is -0.359 e. The van der Waals surface area contributed by atoms with Crippen LogP contribution in [0.5, 0.6) is 0 Å². The number of nitrogens with zero attached hydrogens (tertiary/aromatic N) is 1. The summed E-state index contributed by atoms with van der Waals surface area (Å²) in [5, 5.41) is 5.18. The minimum atomic E-state index is 0.381. The van der Waals surface area contributed by atoms with Gasteiger partial charge in [-0.1, -0.05) is 25.6 Å². The van der Waals surface area contributed by atoms with Crippen molar-refractivity contribution in [1.82, 2.24) is 5.32 Å². The lowest BCUT2D eigenvalue weighted by Crippen LogP contribution is -2.65. The first-order valence-electron chi connectivity index (χ1n) is 7.94. The quantitative estimate of drug-likeness (QED) is 0.788. The molecule has 4 bridgehead atoms. The lowest BCUT2D eigenvalue weighted by Gasteiger charge is -2.65. The molecule has 1 N–H and O–H groups in total. The van der Waals surface area contributed by atoms with Gasteiger partial charge in [0.05, 0.1) is 0 Å². The average Bonchev–Trinajstić information content (AvgIpc) is 2.24. The molecule has 2 atom stereocenters. The molecule has 4 aliphatic carbocycles. The summed E-state index contributed by atoms with van der Waals surface area (Å²) in [5.41, 5.74) is 1.58. The van der Waals surface area contributed by atoms with Crippen molar-refractivity contribution in [3.63, 3.8) is 0 Å². The van der Waals surface area contributed by atoms with E-state index in [1.54, 1.807) is 0 Å². The molecular weight excluding hydrogens is 252 g/mol. The fourth-order valence-corrected chi connectivity index (χ4v) is 7.29. The first-order chi connectivity index (χ1) is 8.99. The minimum absolute atomic E-state index is 0.381. The fraction of sp³-hybridized carbons (Fsp3) is 0.938. The number of hydrogen-bond acceptors (Lipinski definition) is 3. The van der Waals surface area contributed by atoms with Gasteiger partial charge in [0.15, 0.2) is 5.17 Å². The third-order valence-corrected chi connectivity index (χ3v) is 6.79. The Balaban J connectivity index is 1.62. The highest BCUT2D eigenvalue weighted by atomic mass is 32.2. The van der Waals surface area contributed by atoms with Crippen LogP contribution < -0.4 is 5.32 Å². The predicted molar refractivity (Wildman–Crippen MR) is 82.6 cm³/mol. The Hall–Kier alpha value is -0.180. The first-order valence-corrected chi connectivity index (χ1v) is 8.92. The van der Waals surface area contributed by atoms with E-state index in [-0.39, 0.29) is 0 Å². The SMILES string of the molecule is CC12CC3CC(C)(C1)CC(NC1=NCCCS1)(C3)C2. The van der Waals surface area contributed by atoms with E-state index in [1.165, 1.54) is 55.9 Å². The summed E-state index contributed by atoms with van der Waals surface area (Å²) in [5.74, 6) is 2.22. The van der Waals surface area contributed by atoms with Gasteiger partial charge in [0.1, 0.15) is 0 Å². The van der Waals surface area contributed by atoms with Gasteiger partial charge in [0, 0.05) is 17.8 Å². The molecular formula is C16H26N2S. The number of hydrogen-bond donors (Lipinski definition) is 1. The van der Waals surface area contributed by atoms with Crippen molar-refractivity contribution < 1.29 is 0 Å². The van der Waals surface area contributed by atoms with Crippen LogP contribution in [0.15, 0.2) is 4.99 Å². The molecule has 0 aromatic heterocycles. The maximum atomic E-state index is 4.72. The molecule has 0 aromatic rings. The van der Waals surface area contributed by atoms with Crippen LogP contribution in [-0.2, 0) is 0 Å². The van der Waals surface area contributed by atoms with E-state index in [9.17, 15) is 0 Å². The third kappa shape index (κ3) is 2.12. The molecule has 5 rings (SSSR count). The molecule has 106 valence electrons. The van der Waals surface area contributed by atoms with Crippen molar-refractivity contribution in [3.05, 3.63) is 0 Å². The van der Waals surface area contributed by atoms with Crippen LogP contribution in [0.3, 0.4) is 0 Å². The van der Waals surface area contributed by atoms with E-state index in [4.69, 9.17) is 4.99 Å². The summed E-state index contributed by atoms with van der Waals surface area (Å²) < 4.78 is 0. The zero-order valence-electron chi connectivity index (χ0n) is 12.3. The van der Waals surface area contributed by atoms with E-state index in [0.29, 0.717) is 16.4 Å². The Morgan fingerprint density at radius 1 is 1.11 bits per heavy atom. The second-order valence-corrected chi connectivity index (χ2v) is 9.51. The normalized spacial score (nSPS) is 52.1. The van der Waals surface area contributed by atoms with Crippen LogP contribution in [0.25, 0.3) is 0 Å². The molecule has 2 unspecified atom stereocenters. The predicted octanol–water partition coefficient (Wildman–Crippen LogP) is 3.82. The molecule has 3 heteroatoms. The Morgan fingerprint density at radius 3 is 2.42 bits per heavy atom. The molecule has 0 radical (unpaired) electrons. The number of nitrogens with one attached hydrogen (secondary N) is 1. The average molecular weight is 278 g/mol. The zero-order chi connectivity index (χ0) is 13.1. The van der Waals surface area contributed by atoms with Crippen molar-refractivity contribution in [1.29, 1.82) is 0 Å². The smallest absolute Gasteiger partial charge is 0.156 e. The van der Waals surface area contributed by atoms with Gasteiger partial charge in [0.25, 0.3) is 0 Å². The summed E-state index contributed by atoms with van der Waals surface area (Å²) in [7, 11) is 0. The molecule has 4 saturated carbocycles. The maximum absolute atomic E-state index is 4.72. The van der Waals surface area contributed by atoms with Gasteiger partial charge in [0.2, 0.25) is 0 Å². The van der Waals surface area contributed by atoms with E-state index in [1.807, 2.05) is 11.8 Å². The van der Waals surface area contributed by atoms with Crippen molar-refractivity contribution in [2.24, 2.45) is 21.7 Å². The Labute approximate surface area is 121 Å². The Morgan fingerprint density at radius 2 is 1.84 bits per heavy atom. The van der Waals surface area contributed by atoms with Crippen LogP contribution in [0.2, 0.25) is 0 Å². The molecule has 0 saturated heterocycles. The summed E-state index contributed by atoms with van der Waals surface area (Å²) in [6.07, 6.45) is 9.83. The topological polar surface area (TPSA) is 24.4 Å². The number of amidine groups is 1. The number of thioether (sulfide) groups is 1. The summed E-state index contributed by atoms with van der Waals surface area (Å²) in [4.78, 5) is 4.72. The van der Waals surface area contributed by atoms with Crippen molar-refractivity contribution in [2.45, 2.75) is 64.3 Å². The van der Waals surface area contributed by atoms with E-state index >= 15 is 0 Å². The highest BCUT2D eigenvalue weighted by Crippen LogP contribution is 2.66. The monoisotopic (exact) mass is 278 g/mol. The van der Waals surface area contributed by atoms with Crippen LogP contribution in [0.1, 0.15) is 58.8 Å². The van der Waals surface area contributed by atoms with Crippen LogP contribution in [0, 0.1) is 16.7 Å². The molecule has 2 nitrogen and oxygen atoms in total. The van der Waals surface area contributed by atoms with Crippen LogP contribution in [0.4, 0.5) is 0 Å². The van der Waals surface area contributed by atoms with Gasteiger partial charge in [-0.2, -0.15) is 0 Å². The van der Waals surface area contributed by atoms with Gasteiger partial charge in [-0.25, -0.2) is 0 Å². The highest BCUT2D eigenvalue weighted by Gasteiger charge is 2.60. The van der Waals surface area contributed by atoms with Crippen molar-refractivity contribution >= 4 is 16.9 Å². The van der Waals surface area contributed by atoms with E-state index < -0.39 is 0 Å². The summed E-state index contributed by atoms with van der Waals surface area (Å²) in [6, 6.07) is 0. The second-order valence-electron chi connectivity index (χ2n) is 8.42. The van der Waals surface area contributed by atoms with Crippen molar-refractivity contribution in [2.75, 3.05) is 12.3 Å². The fourth-order valence-electron chi connectivity index (χ4n) is 6.35. The number of aliphatic imine (C=N–C) groups is 1. The molecule has 0 amide bonds. The summed E-state index contributed by atoms with van der Waals surface area (Å²) >= 11 is 1.95. The van der Waals surface area contributed by atoms with Crippen LogP contribution >= 0.6 is 11.8 Å². The van der Waals surface area contributed by atoms with Gasteiger partial charge in [-0.15, -0.1) is 0 Å². The van der Waals surface area contributed by atoms with E-state index in [2.05, 4.69) is 19.2 Å². The third-order valence-electron chi connectivity index (χ3n) is 5.79. The van der Waals surface area contributed by atoms with Gasteiger partial charge < -0.3 is 5.32 Å². The summed E-state index contributed by atoms with van der Waals surface area (Å²) in [6.45, 7) is 6.12. The van der Waals surface area contributed by atoms with Gasteiger partial charge >= 0.3 is 0 Å². The van der Waals surface area contributed by atoms with Crippen molar-refractivity contribution in [3.8, 4) is 0 Å². The Kier molecular flexibility index (Phi) is 2.60. The lowest BCUT2D eigenvalue weighted by molar-refractivity contribution is -0.111. The lowest BCUT2D eigenvalue weighted by atomic mass is 9.43. The van der Waals surface area contributed by atoms with E-state index in [0.717, 1.165) is 12.5 Å². The first kappa shape index (κ1) is 12.6. The van der Waals surface area contributed by atoms with Gasteiger partial charge in [-0.3, -0.25) is 4.99 Å². The largest absolute Gasteiger partial charge is 0.359 e. The van der Waals surface area contributed by atoms with Gasteiger partial charge in [-0.05, 0) is 61.7 Å². The standard InChI is InChI=1S/C16H26N2S/c1-14-6-12-7-15(2,9-14)11-16(8-12,10-14)18-13-17-4-3-5-19-13/h12H,3-11H2,1-2H3,(H,17,18). The molecule has 1 heterocycles. The Bertz CT molecular complexity index is 412. The van der Waals surface area contributed by atoms with Crippen LogP contribution in [-0.4, -0.2) is 23.0 Å². The maximum Gasteiger partial charge on any atom is 0.156 e. The zero-order valence-corrected chi connectivity index (χ0v) is 13.1. The molecule has 0 aromatic carbocycles. The molecule has 4 fully saturated rings. The second kappa shape index (κ2) is 3.93.